The van der Waals surface area contributed by atoms with E-state index in [4.69, 9.17) is 27.5 Å². The number of nitrogen functional groups attached to an aromatic ring is 1. The summed E-state index contributed by atoms with van der Waals surface area (Å²) in [5.74, 6) is 0.632. The van der Waals surface area contributed by atoms with Gasteiger partial charge in [0.25, 0.3) is 0 Å². The summed E-state index contributed by atoms with van der Waals surface area (Å²) in [7, 11) is 2.11. The largest absolute Gasteiger partial charge is 0.489 e. The Kier molecular flexibility index (Phi) is 5.59. The molecule has 6 heteroatoms. The van der Waals surface area contributed by atoms with Gasteiger partial charge in [-0.2, -0.15) is 0 Å². The van der Waals surface area contributed by atoms with Crippen LogP contribution in [0.15, 0.2) is 36.4 Å². The van der Waals surface area contributed by atoms with Crippen LogP contribution in [0.3, 0.4) is 0 Å². The molecule has 1 fully saturated rings. The highest BCUT2D eigenvalue weighted by molar-refractivity contribution is 6.32. The Bertz CT molecular complexity index is 830. The topological polar surface area (TPSA) is 79.4 Å². The molecule has 0 aliphatic carbocycles. The average Bonchev–Trinajstić information content (AvgIpc) is 2.65. The first-order valence-corrected chi connectivity index (χ1v) is 8.94. The second-order valence-electron chi connectivity index (χ2n) is 6.61. The molecule has 0 aromatic heterocycles. The zero-order valence-electron chi connectivity index (χ0n) is 14.7. The van der Waals surface area contributed by atoms with Gasteiger partial charge in [-0.05, 0) is 56.3 Å². The van der Waals surface area contributed by atoms with Crippen molar-refractivity contribution in [2.24, 2.45) is 0 Å². The fourth-order valence-electron chi connectivity index (χ4n) is 3.05. The molecule has 5 nitrogen and oxygen atoms in total. The highest BCUT2D eigenvalue weighted by atomic mass is 35.5. The Balaban J connectivity index is 1.79. The van der Waals surface area contributed by atoms with Gasteiger partial charge in [-0.15, -0.1) is 0 Å². The van der Waals surface area contributed by atoms with Crippen molar-refractivity contribution in [3.63, 3.8) is 0 Å². The predicted molar refractivity (Wildman–Crippen MR) is 105 cm³/mol. The summed E-state index contributed by atoms with van der Waals surface area (Å²) in [6, 6.07) is 10.2. The van der Waals surface area contributed by atoms with Gasteiger partial charge in [-0.1, -0.05) is 11.6 Å². The quantitative estimate of drug-likeness (QED) is 0.478. The summed E-state index contributed by atoms with van der Waals surface area (Å²) >= 11 is 6.39. The van der Waals surface area contributed by atoms with Crippen molar-refractivity contribution in [2.75, 3.05) is 25.9 Å². The molecule has 2 aromatic rings. The van der Waals surface area contributed by atoms with Crippen molar-refractivity contribution in [3.05, 3.63) is 58.1 Å². The number of anilines is 1. The number of rotatable bonds is 5. The first kappa shape index (κ1) is 18.4. The van der Waals surface area contributed by atoms with Gasteiger partial charge < -0.3 is 15.4 Å². The molecule has 3 rings (SSSR count). The molecule has 136 valence electrons. The number of carbonyl (C=O) groups excluding carboxylic acids is 1. The number of nitrogens with zero attached hydrogens (tertiary/aromatic N) is 1. The highest BCUT2D eigenvalue weighted by Crippen LogP contribution is 2.30. The van der Waals surface area contributed by atoms with E-state index in [2.05, 4.69) is 11.9 Å². The number of hydrogen-bond donors (Lipinski definition) is 2. The Hall–Kier alpha value is -2.37. The summed E-state index contributed by atoms with van der Waals surface area (Å²) in [5.41, 5.74) is 8.25. The van der Waals surface area contributed by atoms with E-state index in [0.717, 1.165) is 32.2 Å². The fraction of sp³-hybridized carbons (Fsp3) is 0.300. The molecule has 1 heterocycles. The monoisotopic (exact) mass is 371 g/mol. The first-order chi connectivity index (χ1) is 12.5. The van der Waals surface area contributed by atoms with E-state index in [1.807, 2.05) is 0 Å². The fourth-order valence-corrected chi connectivity index (χ4v) is 3.28. The van der Waals surface area contributed by atoms with Gasteiger partial charge >= 0.3 is 0 Å². The average molecular weight is 372 g/mol. The van der Waals surface area contributed by atoms with Crippen molar-refractivity contribution in [1.29, 1.82) is 5.41 Å². The standard InChI is InChI=1S/C20H22ClN3O2/c1-24-8-6-15(7-9-24)26-19-5-3-14(11-17(19)21)20(23)16-10-13(12-25)2-4-18(16)22/h2-5,10-12,15,23H,6-9,22H2,1H3. The van der Waals surface area contributed by atoms with Crippen LogP contribution in [-0.2, 0) is 0 Å². The molecule has 0 saturated carbocycles. The number of piperidine rings is 1. The normalized spacial score (nSPS) is 15.6. The number of likely N-dealkylation sites (tertiary alicyclic amines) is 1. The predicted octanol–water partition coefficient (Wildman–Crippen LogP) is 3.62. The Morgan fingerprint density at radius 3 is 2.65 bits per heavy atom. The summed E-state index contributed by atoms with van der Waals surface area (Å²) in [6.07, 6.45) is 2.84. The number of nitrogens with two attached hydrogens (primary N) is 1. The van der Waals surface area contributed by atoms with Crippen LogP contribution in [0.5, 0.6) is 5.75 Å². The van der Waals surface area contributed by atoms with E-state index in [1.165, 1.54) is 0 Å². The first-order valence-electron chi connectivity index (χ1n) is 8.56. The van der Waals surface area contributed by atoms with Gasteiger partial charge in [0.2, 0.25) is 0 Å². The number of nitrogens with one attached hydrogen (secondary N) is 1. The Morgan fingerprint density at radius 2 is 2.00 bits per heavy atom. The summed E-state index contributed by atoms with van der Waals surface area (Å²) < 4.78 is 6.03. The number of ether oxygens (including phenoxy) is 1. The van der Waals surface area contributed by atoms with Gasteiger partial charge in [0.05, 0.1) is 10.7 Å². The molecule has 3 N–H and O–H groups in total. The van der Waals surface area contributed by atoms with Crippen LogP contribution in [0.25, 0.3) is 0 Å². The van der Waals surface area contributed by atoms with E-state index in [9.17, 15) is 4.79 Å². The molecule has 1 saturated heterocycles. The molecule has 26 heavy (non-hydrogen) atoms. The van der Waals surface area contributed by atoms with Crippen molar-refractivity contribution >= 4 is 29.3 Å². The van der Waals surface area contributed by atoms with E-state index < -0.39 is 0 Å². The van der Waals surface area contributed by atoms with Gasteiger partial charge in [0.1, 0.15) is 18.1 Å². The third-order valence-electron chi connectivity index (χ3n) is 4.66. The smallest absolute Gasteiger partial charge is 0.150 e. The molecular formula is C20H22ClN3O2. The van der Waals surface area contributed by atoms with Crippen molar-refractivity contribution < 1.29 is 9.53 Å². The third kappa shape index (κ3) is 4.06. The minimum Gasteiger partial charge on any atom is -0.489 e. The van der Waals surface area contributed by atoms with E-state index in [-0.39, 0.29) is 11.8 Å². The summed E-state index contributed by atoms with van der Waals surface area (Å²) in [6.45, 7) is 2.02. The van der Waals surface area contributed by atoms with Gasteiger partial charge in [-0.3, -0.25) is 10.2 Å². The van der Waals surface area contributed by atoms with Gasteiger partial charge in [0, 0.05) is 35.5 Å². The second kappa shape index (κ2) is 7.89. The summed E-state index contributed by atoms with van der Waals surface area (Å²) in [5, 5.41) is 8.89. The molecule has 0 radical (unpaired) electrons. The highest BCUT2D eigenvalue weighted by Gasteiger charge is 2.19. The van der Waals surface area contributed by atoms with Crippen LogP contribution in [0.4, 0.5) is 5.69 Å². The second-order valence-corrected chi connectivity index (χ2v) is 7.01. The van der Waals surface area contributed by atoms with Gasteiger partial charge in [0.15, 0.2) is 0 Å². The van der Waals surface area contributed by atoms with Crippen LogP contribution in [0, 0.1) is 5.41 Å². The number of halogens is 1. The van der Waals surface area contributed by atoms with Crippen LogP contribution in [-0.4, -0.2) is 43.1 Å². The minimum atomic E-state index is 0.161. The van der Waals surface area contributed by atoms with Crippen molar-refractivity contribution in [2.45, 2.75) is 18.9 Å². The lowest BCUT2D eigenvalue weighted by molar-refractivity contribution is 0.112. The Labute approximate surface area is 158 Å². The van der Waals surface area contributed by atoms with Crippen LogP contribution in [0.1, 0.15) is 34.3 Å². The van der Waals surface area contributed by atoms with Crippen molar-refractivity contribution in [1.82, 2.24) is 4.90 Å². The van der Waals surface area contributed by atoms with Crippen LogP contribution < -0.4 is 10.5 Å². The maximum Gasteiger partial charge on any atom is 0.150 e. The van der Waals surface area contributed by atoms with E-state index >= 15 is 0 Å². The summed E-state index contributed by atoms with van der Waals surface area (Å²) in [4.78, 5) is 13.3. The lowest BCUT2D eigenvalue weighted by atomic mass is 9.99. The molecule has 2 aromatic carbocycles. The Morgan fingerprint density at radius 1 is 1.27 bits per heavy atom. The number of benzene rings is 2. The van der Waals surface area contributed by atoms with Crippen molar-refractivity contribution in [3.8, 4) is 5.75 Å². The zero-order chi connectivity index (χ0) is 18.7. The molecule has 0 amide bonds. The van der Waals surface area contributed by atoms with E-state index in [0.29, 0.717) is 33.1 Å². The molecule has 0 atom stereocenters. The van der Waals surface area contributed by atoms with Crippen LogP contribution in [0.2, 0.25) is 5.02 Å². The number of carbonyl (C=O) groups is 1. The molecule has 1 aliphatic heterocycles. The molecule has 0 unspecified atom stereocenters. The lowest BCUT2D eigenvalue weighted by Crippen LogP contribution is -2.35. The van der Waals surface area contributed by atoms with Crippen LogP contribution >= 0.6 is 11.6 Å². The number of hydrogen-bond acceptors (Lipinski definition) is 5. The zero-order valence-corrected chi connectivity index (χ0v) is 15.4. The lowest BCUT2D eigenvalue weighted by Gasteiger charge is -2.29. The van der Waals surface area contributed by atoms with E-state index in [1.54, 1.807) is 36.4 Å². The van der Waals surface area contributed by atoms with Gasteiger partial charge in [-0.25, -0.2) is 0 Å². The third-order valence-corrected chi connectivity index (χ3v) is 4.96. The maximum absolute atomic E-state index is 11.0. The molecule has 1 aliphatic rings. The maximum atomic E-state index is 11.0. The molecule has 0 bridgehead atoms. The SMILES string of the molecule is CN1CCC(Oc2ccc(C(=N)c3cc(C=O)ccc3N)cc2Cl)CC1. The minimum absolute atomic E-state index is 0.161. The molecular weight excluding hydrogens is 350 g/mol. The molecule has 0 spiro atoms. The number of aldehydes is 1.